The Kier molecular flexibility index (Phi) is 5.26. The van der Waals surface area contributed by atoms with Crippen molar-refractivity contribution in [3.05, 3.63) is 59.4 Å². The van der Waals surface area contributed by atoms with Gasteiger partial charge in [0.1, 0.15) is 5.82 Å². The number of rotatable bonds is 5. The summed E-state index contributed by atoms with van der Waals surface area (Å²) in [4.78, 5) is 12.2. The predicted molar refractivity (Wildman–Crippen MR) is 93.0 cm³/mol. The average Bonchev–Trinajstić information content (AvgIpc) is 3.14. The highest BCUT2D eigenvalue weighted by Crippen LogP contribution is 2.21. The molecule has 2 aromatic rings. The van der Waals surface area contributed by atoms with Crippen LogP contribution < -0.4 is 10.6 Å². The molecule has 1 atom stereocenters. The van der Waals surface area contributed by atoms with E-state index in [1.807, 2.05) is 6.07 Å². The Morgan fingerprint density at radius 3 is 2.72 bits per heavy atom. The van der Waals surface area contributed by atoms with E-state index in [0.29, 0.717) is 29.0 Å². The number of halogens is 1. The molecule has 1 amide bonds. The minimum Gasteiger partial charge on any atom is -0.380 e. The number of hydrogen-bond donors (Lipinski definition) is 2. The summed E-state index contributed by atoms with van der Waals surface area (Å²) in [5.74, 6) is -0.792. The van der Waals surface area contributed by atoms with Crippen molar-refractivity contribution in [1.82, 2.24) is 0 Å². The summed E-state index contributed by atoms with van der Waals surface area (Å²) in [5.41, 5.74) is 1.63. The molecule has 1 heterocycles. The molecular formula is C19H18FN3O2. The lowest BCUT2D eigenvalue weighted by Crippen LogP contribution is -2.19. The molecule has 0 aromatic heterocycles. The highest BCUT2D eigenvalue weighted by atomic mass is 19.1. The standard InChI is InChI=1S/C19H18FN3O2/c20-17-10-15(7-8-18(17)22-12-16-2-1-9-25-16)23-19(24)14-5-3-13(11-21)4-6-14/h3-8,10,16,22H,1-2,9,12H2,(H,23,24). The maximum atomic E-state index is 14.2. The molecule has 1 unspecified atom stereocenters. The third kappa shape index (κ3) is 4.34. The number of nitrogens with zero attached hydrogens (tertiary/aromatic N) is 1. The normalized spacial score (nSPS) is 16.2. The quantitative estimate of drug-likeness (QED) is 0.874. The van der Waals surface area contributed by atoms with Gasteiger partial charge in [0.15, 0.2) is 0 Å². The zero-order valence-corrected chi connectivity index (χ0v) is 13.6. The summed E-state index contributed by atoms with van der Waals surface area (Å²) in [6.07, 6.45) is 2.14. The monoisotopic (exact) mass is 339 g/mol. The molecule has 2 N–H and O–H groups in total. The minimum absolute atomic E-state index is 0.121. The van der Waals surface area contributed by atoms with Crippen LogP contribution in [0.5, 0.6) is 0 Å². The van der Waals surface area contributed by atoms with Crippen LogP contribution in [0.4, 0.5) is 15.8 Å². The second-order valence-corrected chi connectivity index (χ2v) is 5.85. The lowest BCUT2D eigenvalue weighted by Gasteiger charge is -2.13. The molecule has 128 valence electrons. The van der Waals surface area contributed by atoms with E-state index in [2.05, 4.69) is 10.6 Å². The maximum absolute atomic E-state index is 14.2. The SMILES string of the molecule is N#Cc1ccc(C(=O)Nc2ccc(NCC3CCCO3)c(F)c2)cc1. The number of nitrogens with one attached hydrogen (secondary N) is 2. The van der Waals surface area contributed by atoms with E-state index in [9.17, 15) is 9.18 Å². The molecule has 3 rings (SSSR count). The van der Waals surface area contributed by atoms with Crippen molar-refractivity contribution in [1.29, 1.82) is 5.26 Å². The van der Waals surface area contributed by atoms with Crippen molar-refractivity contribution in [2.45, 2.75) is 18.9 Å². The van der Waals surface area contributed by atoms with Gasteiger partial charge in [-0.3, -0.25) is 4.79 Å². The summed E-state index contributed by atoms with van der Waals surface area (Å²) in [6, 6.07) is 12.7. The topological polar surface area (TPSA) is 74.2 Å². The summed E-state index contributed by atoms with van der Waals surface area (Å²) in [7, 11) is 0. The largest absolute Gasteiger partial charge is 0.380 e. The van der Waals surface area contributed by atoms with Gasteiger partial charge in [-0.15, -0.1) is 0 Å². The van der Waals surface area contributed by atoms with Crippen LogP contribution in [-0.4, -0.2) is 25.2 Å². The Balaban J connectivity index is 1.61. The Morgan fingerprint density at radius 1 is 1.28 bits per heavy atom. The zero-order valence-electron chi connectivity index (χ0n) is 13.6. The first kappa shape index (κ1) is 16.9. The molecule has 1 saturated heterocycles. The first-order chi connectivity index (χ1) is 12.2. The van der Waals surface area contributed by atoms with Crippen molar-refractivity contribution in [3.8, 4) is 6.07 Å². The number of amides is 1. The molecule has 1 aliphatic heterocycles. The molecule has 5 nitrogen and oxygen atoms in total. The van der Waals surface area contributed by atoms with Crippen LogP contribution in [0.2, 0.25) is 0 Å². The van der Waals surface area contributed by atoms with E-state index in [1.165, 1.54) is 6.07 Å². The van der Waals surface area contributed by atoms with E-state index >= 15 is 0 Å². The number of anilines is 2. The Hall–Kier alpha value is -2.91. The van der Waals surface area contributed by atoms with Crippen molar-refractivity contribution in [3.63, 3.8) is 0 Å². The van der Waals surface area contributed by atoms with E-state index < -0.39 is 5.82 Å². The molecular weight excluding hydrogens is 321 g/mol. The second kappa shape index (κ2) is 7.77. The highest BCUT2D eigenvalue weighted by Gasteiger charge is 2.16. The van der Waals surface area contributed by atoms with Crippen molar-refractivity contribution < 1.29 is 13.9 Å². The van der Waals surface area contributed by atoms with Gasteiger partial charge in [-0.2, -0.15) is 5.26 Å². The van der Waals surface area contributed by atoms with Gasteiger partial charge in [0, 0.05) is 24.4 Å². The van der Waals surface area contributed by atoms with E-state index in [1.54, 1.807) is 36.4 Å². The molecule has 0 spiro atoms. The summed E-state index contributed by atoms with van der Waals surface area (Å²) in [5, 5.41) is 14.4. The number of ether oxygens (including phenoxy) is 1. The van der Waals surface area contributed by atoms with Crippen LogP contribution in [0.25, 0.3) is 0 Å². The summed E-state index contributed by atoms with van der Waals surface area (Å²) < 4.78 is 19.7. The van der Waals surface area contributed by atoms with Crippen LogP contribution in [0, 0.1) is 17.1 Å². The van der Waals surface area contributed by atoms with Crippen LogP contribution >= 0.6 is 0 Å². The van der Waals surface area contributed by atoms with Gasteiger partial charge in [0.05, 0.1) is 23.4 Å². The molecule has 0 aliphatic carbocycles. The Morgan fingerprint density at radius 2 is 2.08 bits per heavy atom. The molecule has 6 heteroatoms. The van der Waals surface area contributed by atoms with Crippen LogP contribution in [0.3, 0.4) is 0 Å². The Labute approximate surface area is 145 Å². The van der Waals surface area contributed by atoms with E-state index in [0.717, 1.165) is 19.4 Å². The number of nitriles is 1. The third-order valence-electron chi connectivity index (χ3n) is 4.05. The average molecular weight is 339 g/mol. The lowest BCUT2D eigenvalue weighted by atomic mass is 10.1. The maximum Gasteiger partial charge on any atom is 0.255 e. The molecule has 0 saturated carbocycles. The molecule has 25 heavy (non-hydrogen) atoms. The first-order valence-corrected chi connectivity index (χ1v) is 8.12. The van der Waals surface area contributed by atoms with Gasteiger partial charge in [-0.25, -0.2) is 4.39 Å². The van der Waals surface area contributed by atoms with Gasteiger partial charge in [-0.1, -0.05) is 0 Å². The second-order valence-electron chi connectivity index (χ2n) is 5.85. The van der Waals surface area contributed by atoms with Crippen molar-refractivity contribution in [2.24, 2.45) is 0 Å². The smallest absolute Gasteiger partial charge is 0.255 e. The molecule has 1 fully saturated rings. The molecule has 1 aliphatic rings. The number of carbonyl (C=O) groups is 1. The predicted octanol–water partition coefficient (Wildman–Crippen LogP) is 3.54. The zero-order chi connectivity index (χ0) is 17.6. The lowest BCUT2D eigenvalue weighted by molar-refractivity contribution is 0.102. The molecule has 0 radical (unpaired) electrons. The fraction of sp³-hybridized carbons (Fsp3) is 0.263. The first-order valence-electron chi connectivity index (χ1n) is 8.12. The van der Waals surface area contributed by atoms with Crippen LogP contribution in [0.15, 0.2) is 42.5 Å². The number of hydrogen-bond acceptors (Lipinski definition) is 4. The van der Waals surface area contributed by atoms with Crippen LogP contribution in [-0.2, 0) is 4.74 Å². The van der Waals surface area contributed by atoms with Gasteiger partial charge in [-0.05, 0) is 55.3 Å². The fourth-order valence-corrected chi connectivity index (χ4v) is 2.66. The highest BCUT2D eigenvalue weighted by molar-refractivity contribution is 6.04. The summed E-state index contributed by atoms with van der Waals surface area (Å²) in [6.45, 7) is 1.32. The van der Waals surface area contributed by atoms with E-state index in [4.69, 9.17) is 10.00 Å². The van der Waals surface area contributed by atoms with Crippen molar-refractivity contribution >= 4 is 17.3 Å². The Bertz CT molecular complexity index is 793. The third-order valence-corrected chi connectivity index (χ3v) is 4.05. The van der Waals surface area contributed by atoms with Gasteiger partial charge >= 0.3 is 0 Å². The number of benzene rings is 2. The number of carbonyl (C=O) groups excluding carboxylic acids is 1. The van der Waals surface area contributed by atoms with Gasteiger partial charge in [0.25, 0.3) is 5.91 Å². The van der Waals surface area contributed by atoms with Crippen molar-refractivity contribution in [2.75, 3.05) is 23.8 Å². The van der Waals surface area contributed by atoms with Gasteiger partial charge in [0.2, 0.25) is 0 Å². The van der Waals surface area contributed by atoms with E-state index in [-0.39, 0.29) is 12.0 Å². The van der Waals surface area contributed by atoms with Gasteiger partial charge < -0.3 is 15.4 Å². The minimum atomic E-state index is -0.435. The fourth-order valence-electron chi connectivity index (χ4n) is 2.66. The molecule has 0 bridgehead atoms. The van der Waals surface area contributed by atoms with Crippen LogP contribution in [0.1, 0.15) is 28.8 Å². The summed E-state index contributed by atoms with van der Waals surface area (Å²) >= 11 is 0. The molecule has 2 aromatic carbocycles.